The van der Waals surface area contributed by atoms with Crippen molar-refractivity contribution in [3.05, 3.63) is 53.6 Å². The number of hydrogen-bond acceptors (Lipinski definition) is 4. The minimum Gasteiger partial charge on any atom is -0.481 e. The molecule has 0 saturated carbocycles. The lowest BCUT2D eigenvalue weighted by atomic mass is 10.2. The molecule has 0 bridgehead atoms. The van der Waals surface area contributed by atoms with Gasteiger partial charge in [-0.15, -0.1) is 0 Å². The number of aliphatic carboxylic acids is 1. The Hall–Kier alpha value is -2.83. The van der Waals surface area contributed by atoms with Crippen LogP contribution in [0.15, 0.2) is 36.5 Å². The van der Waals surface area contributed by atoms with Crippen LogP contribution in [-0.2, 0) is 23.2 Å². The standard InChI is InChI=1S/C16H19N3O4/c1-11-9-17-15(19(11)2)13(8-14(20)21)18-16(22)23-10-12-6-4-3-5-7-12/h3-7,9,13H,8,10H2,1-2H3,(H,18,22)(H,20,21)/t13-/m1/s1. The number of benzene rings is 1. The van der Waals surface area contributed by atoms with Crippen LogP contribution < -0.4 is 5.32 Å². The van der Waals surface area contributed by atoms with E-state index in [1.165, 1.54) is 0 Å². The molecular weight excluding hydrogens is 298 g/mol. The molecule has 0 unspecified atom stereocenters. The molecule has 7 heteroatoms. The Morgan fingerprint density at radius 1 is 1.35 bits per heavy atom. The minimum absolute atomic E-state index is 0.117. The molecule has 0 saturated heterocycles. The molecule has 0 aliphatic heterocycles. The van der Waals surface area contributed by atoms with Gasteiger partial charge >= 0.3 is 12.1 Å². The van der Waals surface area contributed by atoms with Crippen LogP contribution in [0.2, 0.25) is 0 Å². The van der Waals surface area contributed by atoms with E-state index in [4.69, 9.17) is 9.84 Å². The highest BCUT2D eigenvalue weighted by Gasteiger charge is 2.23. The van der Waals surface area contributed by atoms with Gasteiger partial charge in [0, 0.05) is 18.9 Å². The van der Waals surface area contributed by atoms with Gasteiger partial charge in [0.1, 0.15) is 18.5 Å². The Morgan fingerprint density at radius 2 is 2.04 bits per heavy atom. The largest absolute Gasteiger partial charge is 0.481 e. The number of imidazole rings is 1. The molecule has 2 rings (SSSR count). The summed E-state index contributed by atoms with van der Waals surface area (Å²) in [5, 5.41) is 11.6. The molecule has 2 N–H and O–H groups in total. The van der Waals surface area contributed by atoms with E-state index in [0.717, 1.165) is 11.3 Å². The Labute approximate surface area is 133 Å². The number of nitrogens with zero attached hydrogens (tertiary/aromatic N) is 2. The van der Waals surface area contributed by atoms with Crippen molar-refractivity contribution in [1.29, 1.82) is 0 Å². The third-order valence-electron chi connectivity index (χ3n) is 3.45. The second-order valence-corrected chi connectivity index (χ2v) is 5.17. The Bertz CT molecular complexity index is 682. The lowest BCUT2D eigenvalue weighted by Crippen LogP contribution is -2.32. The first-order valence-electron chi connectivity index (χ1n) is 7.14. The van der Waals surface area contributed by atoms with E-state index < -0.39 is 18.1 Å². The summed E-state index contributed by atoms with van der Waals surface area (Å²) in [6, 6.07) is 8.49. The highest BCUT2D eigenvalue weighted by molar-refractivity contribution is 5.71. The molecule has 1 aromatic carbocycles. The van der Waals surface area contributed by atoms with Gasteiger partial charge in [-0.25, -0.2) is 9.78 Å². The predicted molar refractivity (Wildman–Crippen MR) is 82.7 cm³/mol. The van der Waals surface area contributed by atoms with E-state index in [-0.39, 0.29) is 13.0 Å². The van der Waals surface area contributed by atoms with Crippen molar-refractivity contribution >= 4 is 12.1 Å². The van der Waals surface area contributed by atoms with Gasteiger partial charge in [-0.05, 0) is 12.5 Å². The van der Waals surface area contributed by atoms with Gasteiger partial charge in [-0.1, -0.05) is 30.3 Å². The number of carbonyl (C=O) groups excluding carboxylic acids is 1. The van der Waals surface area contributed by atoms with Crippen molar-refractivity contribution in [2.75, 3.05) is 0 Å². The van der Waals surface area contributed by atoms with Crippen molar-refractivity contribution < 1.29 is 19.4 Å². The van der Waals surface area contributed by atoms with Crippen molar-refractivity contribution in [2.45, 2.75) is 26.0 Å². The number of hydrogen-bond donors (Lipinski definition) is 2. The molecule has 1 atom stereocenters. The Morgan fingerprint density at radius 3 is 2.61 bits per heavy atom. The highest BCUT2D eigenvalue weighted by atomic mass is 16.5. The fraction of sp³-hybridized carbons (Fsp3) is 0.312. The molecule has 1 aromatic heterocycles. The summed E-state index contributed by atoms with van der Waals surface area (Å²) < 4.78 is 6.87. The molecule has 7 nitrogen and oxygen atoms in total. The van der Waals surface area contributed by atoms with E-state index in [1.807, 2.05) is 37.3 Å². The summed E-state index contributed by atoms with van der Waals surface area (Å²) in [7, 11) is 1.77. The second-order valence-electron chi connectivity index (χ2n) is 5.17. The van der Waals surface area contributed by atoms with Crippen LogP contribution in [0.25, 0.3) is 0 Å². The monoisotopic (exact) mass is 317 g/mol. The molecule has 0 aliphatic rings. The predicted octanol–water partition coefficient (Wildman–Crippen LogP) is 2.17. The average molecular weight is 317 g/mol. The van der Waals surface area contributed by atoms with E-state index in [0.29, 0.717) is 5.82 Å². The molecule has 0 spiro atoms. The zero-order valence-electron chi connectivity index (χ0n) is 13.0. The van der Waals surface area contributed by atoms with Crippen LogP contribution in [-0.4, -0.2) is 26.7 Å². The number of carbonyl (C=O) groups is 2. The van der Waals surface area contributed by atoms with Crippen LogP contribution in [0.5, 0.6) is 0 Å². The van der Waals surface area contributed by atoms with Gasteiger partial charge in [0.05, 0.1) is 6.42 Å². The number of ether oxygens (including phenoxy) is 1. The number of carboxylic acids is 1. The number of amides is 1. The summed E-state index contributed by atoms with van der Waals surface area (Å²) in [6.07, 6.45) is 0.673. The number of nitrogens with one attached hydrogen (secondary N) is 1. The topological polar surface area (TPSA) is 93.4 Å². The number of rotatable bonds is 6. The minimum atomic E-state index is -1.03. The number of aromatic nitrogens is 2. The molecule has 0 radical (unpaired) electrons. The lowest BCUT2D eigenvalue weighted by molar-refractivity contribution is -0.137. The highest BCUT2D eigenvalue weighted by Crippen LogP contribution is 2.16. The summed E-state index contributed by atoms with van der Waals surface area (Å²) in [5.74, 6) is -0.555. The number of aryl methyl sites for hydroxylation is 1. The van der Waals surface area contributed by atoms with Crippen molar-refractivity contribution in [2.24, 2.45) is 7.05 Å². The van der Waals surface area contributed by atoms with Crippen molar-refractivity contribution in [3.8, 4) is 0 Å². The fourth-order valence-electron chi connectivity index (χ4n) is 2.13. The summed E-state index contributed by atoms with van der Waals surface area (Å²) in [4.78, 5) is 27.1. The maximum Gasteiger partial charge on any atom is 0.408 e. The van der Waals surface area contributed by atoms with Crippen LogP contribution in [0.4, 0.5) is 4.79 Å². The van der Waals surface area contributed by atoms with Crippen molar-refractivity contribution in [3.63, 3.8) is 0 Å². The molecular formula is C16H19N3O4. The van der Waals surface area contributed by atoms with Gasteiger partial charge in [0.25, 0.3) is 0 Å². The first kappa shape index (κ1) is 16.5. The van der Waals surface area contributed by atoms with Gasteiger partial charge < -0.3 is 19.7 Å². The summed E-state index contributed by atoms with van der Waals surface area (Å²) in [5.41, 5.74) is 1.72. The summed E-state index contributed by atoms with van der Waals surface area (Å²) >= 11 is 0. The van der Waals surface area contributed by atoms with E-state index >= 15 is 0 Å². The van der Waals surface area contributed by atoms with Crippen LogP contribution in [0, 0.1) is 6.92 Å². The number of carboxylic acid groups (broad SMARTS) is 1. The number of alkyl carbamates (subject to hydrolysis) is 1. The zero-order valence-corrected chi connectivity index (χ0v) is 13.0. The smallest absolute Gasteiger partial charge is 0.408 e. The fourth-order valence-corrected chi connectivity index (χ4v) is 2.13. The molecule has 1 amide bonds. The normalized spacial score (nSPS) is 11.7. The van der Waals surface area contributed by atoms with Crippen LogP contribution in [0.1, 0.15) is 29.5 Å². The molecule has 1 heterocycles. The first-order valence-corrected chi connectivity index (χ1v) is 7.14. The molecule has 122 valence electrons. The van der Waals surface area contributed by atoms with Crippen LogP contribution >= 0.6 is 0 Å². The van der Waals surface area contributed by atoms with Gasteiger partial charge in [-0.2, -0.15) is 0 Å². The summed E-state index contributed by atoms with van der Waals surface area (Å²) in [6.45, 7) is 1.97. The third-order valence-corrected chi connectivity index (χ3v) is 3.45. The van der Waals surface area contributed by atoms with Gasteiger partial charge in [-0.3, -0.25) is 4.79 Å². The van der Waals surface area contributed by atoms with Gasteiger partial charge in [0.15, 0.2) is 0 Å². The van der Waals surface area contributed by atoms with Crippen LogP contribution in [0.3, 0.4) is 0 Å². The quantitative estimate of drug-likeness (QED) is 0.851. The maximum absolute atomic E-state index is 11.9. The lowest BCUT2D eigenvalue weighted by Gasteiger charge is -2.17. The average Bonchev–Trinajstić information content (AvgIpc) is 2.85. The van der Waals surface area contributed by atoms with E-state index in [1.54, 1.807) is 17.8 Å². The van der Waals surface area contributed by atoms with Gasteiger partial charge in [0.2, 0.25) is 0 Å². The van der Waals surface area contributed by atoms with Crippen molar-refractivity contribution in [1.82, 2.24) is 14.9 Å². The Kier molecular flexibility index (Phi) is 5.35. The SMILES string of the molecule is Cc1cnc([C@@H](CC(=O)O)NC(=O)OCc2ccccc2)n1C. The maximum atomic E-state index is 11.9. The second kappa shape index (κ2) is 7.44. The first-order chi connectivity index (χ1) is 11.0. The Balaban J connectivity index is 2.01. The molecule has 0 aliphatic carbocycles. The van der Waals surface area contributed by atoms with E-state index in [2.05, 4.69) is 10.3 Å². The molecule has 23 heavy (non-hydrogen) atoms. The van der Waals surface area contributed by atoms with E-state index in [9.17, 15) is 9.59 Å². The molecule has 2 aromatic rings. The molecule has 0 fully saturated rings. The zero-order chi connectivity index (χ0) is 16.8. The third kappa shape index (κ3) is 4.57.